The van der Waals surface area contributed by atoms with Gasteiger partial charge in [-0.15, -0.1) is 0 Å². The maximum absolute atomic E-state index is 11.8. The van der Waals surface area contributed by atoms with Crippen LogP contribution >= 0.6 is 0 Å². The Morgan fingerprint density at radius 1 is 0.920 bits per heavy atom. The van der Waals surface area contributed by atoms with E-state index in [9.17, 15) is 9.59 Å². The third kappa shape index (κ3) is 8.57. The van der Waals surface area contributed by atoms with Gasteiger partial charge in [0.05, 0.1) is 0 Å². The van der Waals surface area contributed by atoms with Crippen LogP contribution in [0.25, 0.3) is 0 Å². The van der Waals surface area contributed by atoms with E-state index in [0.717, 1.165) is 25.7 Å². The Bertz CT molecular complexity index is 513. The minimum absolute atomic E-state index is 0.0579. The van der Waals surface area contributed by atoms with Crippen LogP contribution in [0.1, 0.15) is 56.9 Å². The largest absolute Gasteiger partial charge is 0.356 e. The van der Waals surface area contributed by atoms with E-state index in [0.29, 0.717) is 32.0 Å². The second-order valence-electron chi connectivity index (χ2n) is 6.78. The number of amides is 3. The van der Waals surface area contributed by atoms with Crippen LogP contribution in [0.4, 0.5) is 4.79 Å². The van der Waals surface area contributed by atoms with Crippen LogP contribution in [0.15, 0.2) is 30.3 Å². The van der Waals surface area contributed by atoms with E-state index < -0.39 is 0 Å². The number of urea groups is 1. The monoisotopic (exact) mass is 345 g/mol. The van der Waals surface area contributed by atoms with Crippen LogP contribution in [0.2, 0.25) is 0 Å². The maximum Gasteiger partial charge on any atom is 0.315 e. The van der Waals surface area contributed by atoms with Crippen molar-refractivity contribution in [2.45, 2.75) is 63.8 Å². The number of aryl methyl sites for hydroxylation is 1. The first-order valence-electron chi connectivity index (χ1n) is 9.59. The molecule has 1 aromatic carbocycles. The van der Waals surface area contributed by atoms with Gasteiger partial charge in [0, 0.05) is 25.6 Å². The number of carbonyl (C=O) groups is 2. The SMILES string of the molecule is O=C(CCCNC(=O)NC1CCCCC1)NCCCc1ccccc1. The standard InChI is InChI=1S/C20H31N3O2/c24-19(21-15-7-11-17-9-3-1-4-10-17)14-8-16-22-20(25)23-18-12-5-2-6-13-18/h1,3-4,9-10,18H,2,5-8,11-16H2,(H,21,24)(H2,22,23,25). The van der Waals surface area contributed by atoms with Gasteiger partial charge in [0.25, 0.3) is 0 Å². The molecule has 0 heterocycles. The highest BCUT2D eigenvalue weighted by molar-refractivity contribution is 5.76. The molecule has 1 fully saturated rings. The molecule has 3 amide bonds. The van der Waals surface area contributed by atoms with Crippen molar-refractivity contribution in [1.82, 2.24) is 16.0 Å². The zero-order valence-corrected chi connectivity index (χ0v) is 15.1. The molecule has 0 radical (unpaired) electrons. The van der Waals surface area contributed by atoms with Gasteiger partial charge in [-0.2, -0.15) is 0 Å². The quantitative estimate of drug-likeness (QED) is 0.602. The fourth-order valence-electron chi connectivity index (χ4n) is 3.19. The lowest BCUT2D eigenvalue weighted by molar-refractivity contribution is -0.121. The molecular weight excluding hydrogens is 314 g/mol. The molecule has 5 heteroatoms. The van der Waals surface area contributed by atoms with E-state index in [2.05, 4.69) is 28.1 Å². The van der Waals surface area contributed by atoms with Gasteiger partial charge in [-0.05, 0) is 37.7 Å². The van der Waals surface area contributed by atoms with Gasteiger partial charge >= 0.3 is 6.03 Å². The fraction of sp³-hybridized carbons (Fsp3) is 0.600. The number of hydrogen-bond acceptors (Lipinski definition) is 2. The fourth-order valence-corrected chi connectivity index (χ4v) is 3.19. The van der Waals surface area contributed by atoms with Gasteiger partial charge in [0.2, 0.25) is 5.91 Å². The third-order valence-electron chi connectivity index (χ3n) is 4.61. The van der Waals surface area contributed by atoms with Gasteiger partial charge < -0.3 is 16.0 Å². The van der Waals surface area contributed by atoms with E-state index in [1.807, 2.05) is 18.2 Å². The van der Waals surface area contributed by atoms with Crippen molar-refractivity contribution in [2.24, 2.45) is 0 Å². The normalized spacial score (nSPS) is 14.7. The zero-order valence-electron chi connectivity index (χ0n) is 15.1. The summed E-state index contributed by atoms with van der Waals surface area (Å²) >= 11 is 0. The molecular formula is C20H31N3O2. The number of hydrogen-bond donors (Lipinski definition) is 3. The molecule has 3 N–H and O–H groups in total. The molecule has 0 aliphatic heterocycles. The van der Waals surface area contributed by atoms with Gasteiger partial charge in [-0.25, -0.2) is 4.79 Å². The summed E-state index contributed by atoms with van der Waals surface area (Å²) in [6, 6.07) is 10.5. The van der Waals surface area contributed by atoms with Crippen molar-refractivity contribution in [1.29, 1.82) is 0 Å². The topological polar surface area (TPSA) is 70.2 Å². The highest BCUT2D eigenvalue weighted by atomic mass is 16.2. The minimum atomic E-state index is -0.102. The van der Waals surface area contributed by atoms with E-state index in [4.69, 9.17) is 0 Å². The lowest BCUT2D eigenvalue weighted by Crippen LogP contribution is -2.43. The van der Waals surface area contributed by atoms with Crippen LogP contribution in [0.3, 0.4) is 0 Å². The van der Waals surface area contributed by atoms with Crippen LogP contribution in [0, 0.1) is 0 Å². The molecule has 0 unspecified atom stereocenters. The van der Waals surface area contributed by atoms with E-state index in [1.165, 1.54) is 24.8 Å². The molecule has 2 rings (SSSR count). The van der Waals surface area contributed by atoms with Crippen molar-refractivity contribution in [3.8, 4) is 0 Å². The van der Waals surface area contributed by atoms with Crippen LogP contribution < -0.4 is 16.0 Å². The van der Waals surface area contributed by atoms with Gasteiger partial charge in [0.15, 0.2) is 0 Å². The second-order valence-corrected chi connectivity index (χ2v) is 6.78. The average Bonchev–Trinajstić information content (AvgIpc) is 2.64. The number of rotatable bonds is 9. The molecule has 0 aromatic heterocycles. The second kappa shape index (κ2) is 11.5. The van der Waals surface area contributed by atoms with Crippen LogP contribution in [-0.2, 0) is 11.2 Å². The summed E-state index contributed by atoms with van der Waals surface area (Å²) in [4.78, 5) is 23.6. The van der Waals surface area contributed by atoms with Crippen LogP contribution in [0.5, 0.6) is 0 Å². The number of nitrogens with one attached hydrogen (secondary N) is 3. The van der Waals surface area contributed by atoms with E-state index >= 15 is 0 Å². The first-order chi connectivity index (χ1) is 12.2. The highest BCUT2D eigenvalue weighted by Crippen LogP contribution is 2.17. The van der Waals surface area contributed by atoms with E-state index in [1.54, 1.807) is 0 Å². The molecule has 1 saturated carbocycles. The maximum atomic E-state index is 11.8. The Hall–Kier alpha value is -2.04. The summed E-state index contributed by atoms with van der Waals surface area (Å²) in [5.41, 5.74) is 1.30. The minimum Gasteiger partial charge on any atom is -0.356 e. The van der Waals surface area contributed by atoms with Crippen molar-refractivity contribution < 1.29 is 9.59 Å². The lowest BCUT2D eigenvalue weighted by atomic mass is 9.96. The molecule has 0 atom stereocenters. The molecule has 25 heavy (non-hydrogen) atoms. The summed E-state index contributed by atoms with van der Waals surface area (Å²) in [6.07, 6.45) is 8.89. The molecule has 1 aromatic rings. The molecule has 0 saturated heterocycles. The first-order valence-corrected chi connectivity index (χ1v) is 9.59. The molecule has 5 nitrogen and oxygen atoms in total. The Labute approximate surface area is 151 Å². The summed E-state index contributed by atoms with van der Waals surface area (Å²) in [5.74, 6) is 0.0579. The Balaban J connectivity index is 1.44. The highest BCUT2D eigenvalue weighted by Gasteiger charge is 2.15. The van der Waals surface area contributed by atoms with Crippen molar-refractivity contribution in [3.63, 3.8) is 0 Å². The van der Waals surface area contributed by atoms with E-state index in [-0.39, 0.29) is 11.9 Å². The molecule has 1 aliphatic rings. The number of benzene rings is 1. The predicted molar refractivity (Wildman–Crippen MR) is 100 cm³/mol. The smallest absolute Gasteiger partial charge is 0.315 e. The molecule has 0 bridgehead atoms. The lowest BCUT2D eigenvalue weighted by Gasteiger charge is -2.22. The van der Waals surface area contributed by atoms with Crippen molar-refractivity contribution >= 4 is 11.9 Å². The Morgan fingerprint density at radius 3 is 2.40 bits per heavy atom. The summed E-state index contributed by atoms with van der Waals surface area (Å²) in [7, 11) is 0. The average molecular weight is 345 g/mol. The summed E-state index contributed by atoms with van der Waals surface area (Å²) in [6.45, 7) is 1.24. The van der Waals surface area contributed by atoms with Gasteiger partial charge in [-0.3, -0.25) is 4.79 Å². The molecule has 138 valence electrons. The predicted octanol–water partition coefficient (Wildman–Crippen LogP) is 3.15. The van der Waals surface area contributed by atoms with Crippen molar-refractivity contribution in [2.75, 3.05) is 13.1 Å². The van der Waals surface area contributed by atoms with Gasteiger partial charge in [-0.1, -0.05) is 49.6 Å². The van der Waals surface area contributed by atoms with Crippen LogP contribution in [-0.4, -0.2) is 31.1 Å². The molecule has 0 spiro atoms. The van der Waals surface area contributed by atoms with Crippen molar-refractivity contribution in [3.05, 3.63) is 35.9 Å². The molecule has 1 aliphatic carbocycles. The number of carbonyl (C=O) groups excluding carboxylic acids is 2. The Kier molecular flexibility index (Phi) is 8.87. The first kappa shape index (κ1) is 19.3. The summed E-state index contributed by atoms with van der Waals surface area (Å²) in [5, 5.41) is 8.80. The van der Waals surface area contributed by atoms with Gasteiger partial charge in [0.1, 0.15) is 0 Å². The third-order valence-corrected chi connectivity index (χ3v) is 4.61. The summed E-state index contributed by atoms with van der Waals surface area (Å²) < 4.78 is 0. The zero-order chi connectivity index (χ0) is 17.7. The Morgan fingerprint density at radius 2 is 1.64 bits per heavy atom.